The van der Waals surface area contributed by atoms with Gasteiger partial charge in [0.25, 0.3) is 0 Å². The van der Waals surface area contributed by atoms with E-state index in [1.54, 1.807) is 11.2 Å². The number of rotatable bonds is 4. The summed E-state index contributed by atoms with van der Waals surface area (Å²) in [5.41, 5.74) is 1.52. The van der Waals surface area contributed by atoms with Crippen molar-refractivity contribution in [3.8, 4) is 0 Å². The van der Waals surface area contributed by atoms with Crippen molar-refractivity contribution in [2.24, 2.45) is 0 Å². The molecule has 4 heteroatoms. The lowest BCUT2D eigenvalue weighted by Crippen LogP contribution is -2.15. The molecule has 1 aliphatic carbocycles. The first kappa shape index (κ1) is 13.8. The number of fused-ring (bicyclic) bond motifs is 3. The molecule has 2 aromatic heterocycles. The number of hydrogen-bond donors (Lipinski definition) is 1. The molecule has 3 nitrogen and oxygen atoms in total. The van der Waals surface area contributed by atoms with Crippen molar-refractivity contribution in [1.29, 1.82) is 0 Å². The molecular formula is C16H23N3S. The Labute approximate surface area is 124 Å². The molecule has 0 radical (unpaired) electrons. The van der Waals surface area contributed by atoms with E-state index >= 15 is 0 Å². The van der Waals surface area contributed by atoms with Crippen LogP contribution in [0.1, 0.15) is 56.4 Å². The van der Waals surface area contributed by atoms with Crippen molar-refractivity contribution in [2.75, 3.05) is 5.32 Å². The average Bonchev–Trinajstić information content (AvgIpc) is 2.63. The van der Waals surface area contributed by atoms with E-state index in [1.807, 2.05) is 11.3 Å². The van der Waals surface area contributed by atoms with Crippen molar-refractivity contribution in [3.05, 3.63) is 16.8 Å². The maximum Gasteiger partial charge on any atom is 0.138 e. The lowest BCUT2D eigenvalue weighted by Gasteiger charge is -2.14. The molecule has 1 N–H and O–H groups in total. The largest absolute Gasteiger partial charge is 0.367 e. The monoisotopic (exact) mass is 289 g/mol. The van der Waals surface area contributed by atoms with Crippen LogP contribution in [0, 0.1) is 0 Å². The van der Waals surface area contributed by atoms with Gasteiger partial charge >= 0.3 is 0 Å². The Hall–Kier alpha value is -1.16. The number of hydrogen-bond acceptors (Lipinski definition) is 4. The summed E-state index contributed by atoms with van der Waals surface area (Å²) in [7, 11) is 0. The van der Waals surface area contributed by atoms with Gasteiger partial charge < -0.3 is 5.32 Å². The highest BCUT2D eigenvalue weighted by atomic mass is 32.1. The molecule has 20 heavy (non-hydrogen) atoms. The molecule has 0 aromatic carbocycles. The number of anilines is 1. The summed E-state index contributed by atoms with van der Waals surface area (Å²) in [5.74, 6) is 1.05. The summed E-state index contributed by atoms with van der Waals surface area (Å²) in [6.45, 7) is 4.47. The zero-order chi connectivity index (χ0) is 13.9. The Morgan fingerprint density at radius 3 is 2.95 bits per heavy atom. The Morgan fingerprint density at radius 2 is 2.10 bits per heavy atom. The Morgan fingerprint density at radius 1 is 1.25 bits per heavy atom. The smallest absolute Gasteiger partial charge is 0.138 e. The van der Waals surface area contributed by atoms with Gasteiger partial charge in [0.15, 0.2) is 0 Å². The van der Waals surface area contributed by atoms with Crippen molar-refractivity contribution in [2.45, 2.75) is 64.8 Å². The standard InChI is InChI=1S/C16H23N3S/c1-3-7-11(2)19-15-14-12-8-5-4-6-9-13(12)20-16(14)18-10-17-15/h10-11H,3-9H2,1-2H3,(H,17,18,19). The zero-order valence-electron chi connectivity index (χ0n) is 12.4. The molecule has 1 unspecified atom stereocenters. The lowest BCUT2D eigenvalue weighted by molar-refractivity contribution is 0.688. The van der Waals surface area contributed by atoms with Gasteiger partial charge in [0, 0.05) is 10.9 Å². The van der Waals surface area contributed by atoms with E-state index in [1.165, 1.54) is 55.9 Å². The van der Waals surface area contributed by atoms with Crippen molar-refractivity contribution < 1.29 is 0 Å². The maximum absolute atomic E-state index is 4.52. The average molecular weight is 289 g/mol. The van der Waals surface area contributed by atoms with Crippen molar-refractivity contribution in [3.63, 3.8) is 0 Å². The van der Waals surface area contributed by atoms with Gasteiger partial charge in [-0.2, -0.15) is 0 Å². The van der Waals surface area contributed by atoms with E-state index in [0.29, 0.717) is 6.04 Å². The first-order valence-corrected chi connectivity index (χ1v) is 8.63. The van der Waals surface area contributed by atoms with E-state index in [9.17, 15) is 0 Å². The summed E-state index contributed by atoms with van der Waals surface area (Å²) < 4.78 is 0. The SMILES string of the molecule is CCCC(C)Nc1ncnc2sc3c(c12)CCCCC3. The van der Waals surface area contributed by atoms with Crippen LogP contribution in [-0.4, -0.2) is 16.0 Å². The number of nitrogens with one attached hydrogen (secondary N) is 1. The number of aromatic nitrogens is 2. The van der Waals surface area contributed by atoms with E-state index in [4.69, 9.17) is 0 Å². The highest BCUT2D eigenvalue weighted by Crippen LogP contribution is 2.37. The molecule has 0 bridgehead atoms. The lowest BCUT2D eigenvalue weighted by atomic mass is 10.1. The molecule has 0 saturated carbocycles. The molecule has 2 aromatic rings. The summed E-state index contributed by atoms with van der Waals surface area (Å²) in [6, 6.07) is 0.472. The number of aryl methyl sites for hydroxylation is 2. The predicted octanol–water partition coefficient (Wildman–Crippen LogP) is 4.56. The molecular weight excluding hydrogens is 266 g/mol. The molecule has 2 heterocycles. The van der Waals surface area contributed by atoms with Gasteiger partial charge in [0.2, 0.25) is 0 Å². The molecule has 0 fully saturated rings. The third kappa shape index (κ3) is 2.66. The van der Waals surface area contributed by atoms with E-state index < -0.39 is 0 Å². The second-order valence-corrected chi connectivity index (χ2v) is 6.88. The summed E-state index contributed by atoms with van der Waals surface area (Å²) in [4.78, 5) is 11.7. The summed E-state index contributed by atoms with van der Waals surface area (Å²) >= 11 is 1.88. The van der Waals surface area contributed by atoms with Crippen LogP contribution in [0.15, 0.2) is 6.33 Å². The highest BCUT2D eigenvalue weighted by Gasteiger charge is 2.19. The molecule has 3 rings (SSSR count). The summed E-state index contributed by atoms with van der Waals surface area (Å²) in [5, 5.41) is 4.90. The first-order valence-electron chi connectivity index (χ1n) is 7.81. The molecule has 108 valence electrons. The Balaban J connectivity index is 2.01. The van der Waals surface area contributed by atoms with Gasteiger partial charge in [-0.1, -0.05) is 19.8 Å². The Bertz CT molecular complexity index is 591. The second kappa shape index (κ2) is 6.08. The molecule has 0 aliphatic heterocycles. The number of nitrogens with zero attached hydrogens (tertiary/aromatic N) is 2. The van der Waals surface area contributed by atoms with Crippen LogP contribution in [-0.2, 0) is 12.8 Å². The summed E-state index contributed by atoms with van der Waals surface area (Å²) in [6.07, 6.45) is 10.5. The highest BCUT2D eigenvalue weighted by molar-refractivity contribution is 7.18. The van der Waals surface area contributed by atoms with Gasteiger partial charge in [0.1, 0.15) is 17.0 Å². The topological polar surface area (TPSA) is 37.8 Å². The minimum absolute atomic E-state index is 0.472. The quantitative estimate of drug-likeness (QED) is 0.838. The van der Waals surface area contributed by atoms with Crippen LogP contribution in [0.25, 0.3) is 10.2 Å². The predicted molar refractivity (Wildman–Crippen MR) is 86.7 cm³/mol. The fraction of sp³-hybridized carbons (Fsp3) is 0.625. The normalized spacial score (nSPS) is 16.7. The zero-order valence-corrected chi connectivity index (χ0v) is 13.2. The fourth-order valence-corrected chi connectivity index (χ4v) is 4.34. The fourth-order valence-electron chi connectivity index (χ4n) is 3.11. The number of thiophene rings is 1. The van der Waals surface area contributed by atoms with Gasteiger partial charge in [0.05, 0.1) is 5.39 Å². The maximum atomic E-state index is 4.52. The van der Waals surface area contributed by atoms with E-state index in [-0.39, 0.29) is 0 Å². The Kier molecular flexibility index (Phi) is 4.20. The molecule has 0 saturated heterocycles. The van der Waals surface area contributed by atoms with Crippen molar-refractivity contribution >= 4 is 27.4 Å². The third-order valence-corrected chi connectivity index (χ3v) is 5.31. The minimum atomic E-state index is 0.472. The second-order valence-electron chi connectivity index (χ2n) is 5.80. The van der Waals surface area contributed by atoms with Crippen LogP contribution in [0.5, 0.6) is 0 Å². The van der Waals surface area contributed by atoms with Gasteiger partial charge in [-0.05, 0) is 44.6 Å². The van der Waals surface area contributed by atoms with Crippen molar-refractivity contribution in [1.82, 2.24) is 9.97 Å². The molecule has 0 spiro atoms. The van der Waals surface area contributed by atoms with Crippen LogP contribution in [0.3, 0.4) is 0 Å². The van der Waals surface area contributed by atoms with Crippen LogP contribution in [0.4, 0.5) is 5.82 Å². The van der Waals surface area contributed by atoms with Gasteiger partial charge in [-0.25, -0.2) is 9.97 Å². The van der Waals surface area contributed by atoms with E-state index in [2.05, 4.69) is 29.1 Å². The van der Waals surface area contributed by atoms with Gasteiger partial charge in [-0.15, -0.1) is 11.3 Å². The van der Waals surface area contributed by atoms with Gasteiger partial charge in [-0.3, -0.25) is 0 Å². The van der Waals surface area contributed by atoms with E-state index in [0.717, 1.165) is 10.6 Å². The molecule has 1 aliphatic rings. The third-order valence-electron chi connectivity index (χ3n) is 4.11. The van der Waals surface area contributed by atoms with Crippen LogP contribution >= 0.6 is 11.3 Å². The van der Waals surface area contributed by atoms with Crippen LogP contribution in [0.2, 0.25) is 0 Å². The van der Waals surface area contributed by atoms with Crippen LogP contribution < -0.4 is 5.32 Å². The molecule has 1 atom stereocenters. The minimum Gasteiger partial charge on any atom is -0.367 e. The molecule has 0 amide bonds. The first-order chi connectivity index (χ1) is 9.79.